The number of carbonyl (C=O) groups excluding carboxylic acids is 2. The lowest BCUT2D eigenvalue weighted by Gasteiger charge is -2.23. The Morgan fingerprint density at radius 1 is 1.08 bits per heavy atom. The molecule has 1 atom stereocenters. The third kappa shape index (κ3) is 3.74. The summed E-state index contributed by atoms with van der Waals surface area (Å²) in [7, 11) is 0. The van der Waals surface area contributed by atoms with E-state index >= 15 is 0 Å². The van der Waals surface area contributed by atoms with Crippen LogP contribution in [0.5, 0.6) is 5.75 Å². The van der Waals surface area contributed by atoms with Crippen LogP contribution in [-0.2, 0) is 27.5 Å². The molecule has 24 heavy (non-hydrogen) atoms. The zero-order chi connectivity index (χ0) is 16.9. The molecule has 1 aliphatic rings. The molecule has 0 saturated carbocycles. The average Bonchev–Trinajstić information content (AvgIpc) is 2.96. The Kier molecular flexibility index (Phi) is 4.79. The molecule has 2 aromatic rings. The van der Waals surface area contributed by atoms with Crippen LogP contribution in [-0.4, -0.2) is 27.9 Å². The first kappa shape index (κ1) is 16.1. The van der Waals surface area contributed by atoms with Crippen LogP contribution in [0.15, 0.2) is 54.6 Å². The summed E-state index contributed by atoms with van der Waals surface area (Å²) < 4.78 is 5.35. The van der Waals surface area contributed by atoms with Gasteiger partial charge in [-0.25, -0.2) is 4.79 Å². The third-order valence-corrected chi connectivity index (χ3v) is 4.11. The van der Waals surface area contributed by atoms with Crippen molar-refractivity contribution in [3.63, 3.8) is 0 Å². The molecule has 0 aromatic heterocycles. The average molecular weight is 325 g/mol. The van der Waals surface area contributed by atoms with E-state index in [4.69, 9.17) is 4.74 Å². The number of aromatic hydroxyl groups is 1. The maximum Gasteiger partial charge on any atom is 0.329 e. The normalized spacial score (nSPS) is 17.1. The van der Waals surface area contributed by atoms with E-state index in [1.165, 1.54) is 0 Å². The molecule has 1 aliphatic heterocycles. The van der Waals surface area contributed by atoms with E-state index in [-0.39, 0.29) is 24.2 Å². The minimum atomic E-state index is -0.533. The standard InChI is InChI=1S/C19H19NO4/c21-16-8-6-15(7-9-16)13-24-19(23)17-10-11-18(22)20(17)12-14-4-2-1-3-5-14/h1-9,17,21H,10-13H2/t17-/m0/s1. The summed E-state index contributed by atoms with van der Waals surface area (Å²) in [6.07, 6.45) is 0.853. The van der Waals surface area contributed by atoms with Crippen LogP contribution in [0.3, 0.4) is 0 Å². The van der Waals surface area contributed by atoms with Crippen molar-refractivity contribution < 1.29 is 19.4 Å². The van der Waals surface area contributed by atoms with Crippen molar-refractivity contribution in [3.8, 4) is 5.75 Å². The molecule has 1 N–H and O–H groups in total. The van der Waals surface area contributed by atoms with Gasteiger partial charge in [0.05, 0.1) is 0 Å². The molecule has 5 heteroatoms. The monoisotopic (exact) mass is 325 g/mol. The number of benzene rings is 2. The van der Waals surface area contributed by atoms with Gasteiger partial charge in [-0.3, -0.25) is 4.79 Å². The molecule has 0 radical (unpaired) electrons. The number of esters is 1. The molecule has 0 bridgehead atoms. The zero-order valence-electron chi connectivity index (χ0n) is 13.2. The number of ether oxygens (including phenoxy) is 1. The minimum Gasteiger partial charge on any atom is -0.508 e. The summed E-state index contributed by atoms with van der Waals surface area (Å²) >= 11 is 0. The van der Waals surface area contributed by atoms with Crippen LogP contribution in [0.2, 0.25) is 0 Å². The van der Waals surface area contributed by atoms with Crippen LogP contribution in [0.1, 0.15) is 24.0 Å². The lowest BCUT2D eigenvalue weighted by atomic mass is 10.2. The first-order chi connectivity index (χ1) is 11.6. The summed E-state index contributed by atoms with van der Waals surface area (Å²) in [6.45, 7) is 0.543. The molecular formula is C19H19NO4. The summed E-state index contributed by atoms with van der Waals surface area (Å²) in [6, 6.07) is 15.6. The molecule has 1 fully saturated rings. The predicted octanol–water partition coefficient (Wildman–Crippen LogP) is 2.63. The predicted molar refractivity (Wildman–Crippen MR) is 87.9 cm³/mol. The van der Waals surface area contributed by atoms with Gasteiger partial charge in [-0.15, -0.1) is 0 Å². The molecule has 2 aromatic carbocycles. The number of nitrogens with zero attached hydrogens (tertiary/aromatic N) is 1. The van der Waals surface area contributed by atoms with Crippen LogP contribution < -0.4 is 0 Å². The van der Waals surface area contributed by atoms with Gasteiger partial charge in [-0.05, 0) is 29.7 Å². The maximum atomic E-state index is 12.4. The Morgan fingerprint density at radius 3 is 2.50 bits per heavy atom. The highest BCUT2D eigenvalue weighted by Gasteiger charge is 2.37. The van der Waals surface area contributed by atoms with Crippen molar-refractivity contribution in [1.82, 2.24) is 4.90 Å². The van der Waals surface area contributed by atoms with E-state index in [9.17, 15) is 14.7 Å². The number of carbonyl (C=O) groups is 2. The number of phenols is 1. The molecule has 1 amide bonds. The van der Waals surface area contributed by atoms with Crippen molar-refractivity contribution >= 4 is 11.9 Å². The highest BCUT2D eigenvalue weighted by atomic mass is 16.5. The number of amides is 1. The number of phenolic OH excluding ortho intramolecular Hbond substituents is 1. The van der Waals surface area contributed by atoms with E-state index < -0.39 is 6.04 Å². The second-order valence-corrected chi connectivity index (χ2v) is 5.84. The SMILES string of the molecule is O=C(OCc1ccc(O)cc1)[C@@H]1CCC(=O)N1Cc1ccccc1. The molecule has 5 nitrogen and oxygen atoms in total. The number of hydrogen-bond donors (Lipinski definition) is 1. The summed E-state index contributed by atoms with van der Waals surface area (Å²) in [4.78, 5) is 26.1. The van der Waals surface area contributed by atoms with Crippen molar-refractivity contribution in [2.75, 3.05) is 0 Å². The van der Waals surface area contributed by atoms with E-state index in [0.717, 1.165) is 11.1 Å². The summed E-state index contributed by atoms with van der Waals surface area (Å²) in [5.74, 6) is -0.240. The second kappa shape index (κ2) is 7.17. The maximum absolute atomic E-state index is 12.4. The topological polar surface area (TPSA) is 66.8 Å². The smallest absolute Gasteiger partial charge is 0.329 e. The fraction of sp³-hybridized carbons (Fsp3) is 0.263. The van der Waals surface area contributed by atoms with Crippen molar-refractivity contribution in [3.05, 3.63) is 65.7 Å². The Bertz CT molecular complexity index is 712. The van der Waals surface area contributed by atoms with Gasteiger partial charge < -0.3 is 14.7 Å². The third-order valence-electron chi connectivity index (χ3n) is 4.11. The van der Waals surface area contributed by atoms with Gasteiger partial charge in [0.2, 0.25) is 5.91 Å². The molecular weight excluding hydrogens is 306 g/mol. The largest absolute Gasteiger partial charge is 0.508 e. The first-order valence-electron chi connectivity index (χ1n) is 7.91. The van der Waals surface area contributed by atoms with E-state index in [0.29, 0.717) is 19.4 Å². The van der Waals surface area contributed by atoms with E-state index in [1.807, 2.05) is 30.3 Å². The first-order valence-corrected chi connectivity index (χ1v) is 7.91. The molecule has 1 saturated heterocycles. The van der Waals surface area contributed by atoms with Gasteiger partial charge in [0.1, 0.15) is 18.4 Å². The molecule has 0 aliphatic carbocycles. The highest BCUT2D eigenvalue weighted by molar-refractivity contribution is 5.88. The van der Waals surface area contributed by atoms with Crippen molar-refractivity contribution in [2.24, 2.45) is 0 Å². The molecule has 3 rings (SSSR count). The van der Waals surface area contributed by atoms with Crippen molar-refractivity contribution in [1.29, 1.82) is 0 Å². The molecule has 124 valence electrons. The molecule has 0 spiro atoms. The van der Waals surface area contributed by atoms with Gasteiger partial charge in [-0.2, -0.15) is 0 Å². The Labute approximate surface area is 140 Å². The van der Waals surface area contributed by atoms with Gasteiger partial charge in [0.25, 0.3) is 0 Å². The summed E-state index contributed by atoms with van der Waals surface area (Å²) in [5, 5.41) is 9.26. The number of rotatable bonds is 5. The molecule has 1 heterocycles. The lowest BCUT2D eigenvalue weighted by Crippen LogP contribution is -2.39. The molecule has 0 unspecified atom stereocenters. The van der Waals surface area contributed by atoms with Crippen LogP contribution in [0, 0.1) is 0 Å². The van der Waals surface area contributed by atoms with Gasteiger partial charge in [0.15, 0.2) is 0 Å². The van der Waals surface area contributed by atoms with Crippen LogP contribution >= 0.6 is 0 Å². The van der Waals surface area contributed by atoms with Crippen molar-refractivity contribution in [2.45, 2.75) is 32.0 Å². The number of hydrogen-bond acceptors (Lipinski definition) is 4. The summed E-state index contributed by atoms with van der Waals surface area (Å²) in [5.41, 5.74) is 1.78. The Hall–Kier alpha value is -2.82. The van der Waals surface area contributed by atoms with Gasteiger partial charge in [0, 0.05) is 13.0 Å². The van der Waals surface area contributed by atoms with Gasteiger partial charge >= 0.3 is 5.97 Å². The number of likely N-dealkylation sites (tertiary alicyclic amines) is 1. The van der Waals surface area contributed by atoms with Crippen LogP contribution in [0.4, 0.5) is 0 Å². The Balaban J connectivity index is 1.62. The quantitative estimate of drug-likeness (QED) is 0.858. The van der Waals surface area contributed by atoms with E-state index in [1.54, 1.807) is 29.2 Å². The van der Waals surface area contributed by atoms with E-state index in [2.05, 4.69) is 0 Å². The second-order valence-electron chi connectivity index (χ2n) is 5.84. The lowest BCUT2D eigenvalue weighted by molar-refractivity contribution is -0.153. The minimum absolute atomic E-state index is 0.0227. The zero-order valence-corrected chi connectivity index (χ0v) is 13.2. The highest BCUT2D eigenvalue weighted by Crippen LogP contribution is 2.23. The Morgan fingerprint density at radius 2 is 1.79 bits per heavy atom. The fourth-order valence-electron chi connectivity index (χ4n) is 2.80. The van der Waals surface area contributed by atoms with Gasteiger partial charge in [-0.1, -0.05) is 42.5 Å². The van der Waals surface area contributed by atoms with Crippen LogP contribution in [0.25, 0.3) is 0 Å². The fourth-order valence-corrected chi connectivity index (χ4v) is 2.80.